The Balaban J connectivity index is 1.17. The Morgan fingerprint density at radius 1 is 0.278 bits per heavy atom. The van der Waals surface area contributed by atoms with Gasteiger partial charge in [-0.2, -0.15) is 26.3 Å². The van der Waals surface area contributed by atoms with Crippen molar-refractivity contribution in [2.45, 2.75) is 0 Å². The van der Waals surface area contributed by atoms with Crippen molar-refractivity contribution in [3.8, 4) is 97.4 Å². The van der Waals surface area contributed by atoms with Crippen LogP contribution in [0.3, 0.4) is 0 Å². The second-order valence-electron chi connectivity index (χ2n) is 17.6. The van der Waals surface area contributed by atoms with Crippen molar-refractivity contribution in [2.24, 2.45) is 0 Å². The van der Waals surface area contributed by atoms with Crippen LogP contribution in [0.4, 0.5) is 0 Å². The van der Waals surface area contributed by atoms with Gasteiger partial charge < -0.3 is 9.13 Å². The van der Waals surface area contributed by atoms with Gasteiger partial charge in [0.1, 0.15) is 6.07 Å². The molecule has 330 valence electrons. The van der Waals surface area contributed by atoms with Gasteiger partial charge in [0.05, 0.1) is 85.5 Å². The van der Waals surface area contributed by atoms with E-state index in [1.807, 2.05) is 115 Å². The maximum absolute atomic E-state index is 11.5. The van der Waals surface area contributed by atoms with E-state index >= 15 is 0 Å². The highest BCUT2D eigenvalue weighted by molar-refractivity contribution is 6.13. The normalized spacial score (nSPS) is 11.0. The first-order valence-corrected chi connectivity index (χ1v) is 23.1. The molecule has 0 fully saturated rings. The molecule has 0 aliphatic rings. The number of nitrogens with zero attached hydrogens (tertiary/aromatic N) is 8. The molecule has 8 heteroatoms. The molecule has 12 rings (SSSR count). The van der Waals surface area contributed by atoms with E-state index < -0.39 is 0 Å². The van der Waals surface area contributed by atoms with Crippen molar-refractivity contribution in [2.75, 3.05) is 0 Å². The summed E-state index contributed by atoms with van der Waals surface area (Å²) in [6.07, 6.45) is 3.56. The number of aromatic nitrogens is 3. The van der Waals surface area contributed by atoms with Gasteiger partial charge in [-0.15, -0.1) is 0 Å². The topological polar surface area (TPSA) is 142 Å². The third-order valence-corrected chi connectivity index (χ3v) is 13.6. The second kappa shape index (κ2) is 17.4. The minimum Gasteiger partial charge on any atom is -0.309 e. The van der Waals surface area contributed by atoms with Gasteiger partial charge in [-0.05, 0) is 147 Å². The van der Waals surface area contributed by atoms with Gasteiger partial charge in [-0.1, -0.05) is 97.1 Å². The lowest BCUT2D eigenvalue weighted by molar-refractivity contribution is 1.13. The summed E-state index contributed by atoms with van der Waals surface area (Å²) in [6, 6.07) is 75.5. The zero-order valence-electron chi connectivity index (χ0n) is 38.2. The predicted molar refractivity (Wildman–Crippen MR) is 284 cm³/mol. The average molecular weight is 915 g/mol. The van der Waals surface area contributed by atoms with Gasteiger partial charge in [0.2, 0.25) is 0 Å². The lowest BCUT2D eigenvalue weighted by Crippen LogP contribution is -2.04. The highest BCUT2D eigenvalue weighted by atomic mass is 15.0. The third-order valence-electron chi connectivity index (χ3n) is 13.6. The fourth-order valence-electron chi connectivity index (χ4n) is 10.0. The van der Waals surface area contributed by atoms with Crippen LogP contribution in [0, 0.1) is 56.7 Å². The van der Waals surface area contributed by atoms with E-state index in [-0.39, 0.29) is 0 Å². The van der Waals surface area contributed by atoms with E-state index in [2.05, 4.69) is 123 Å². The number of pyridine rings is 1. The molecule has 0 spiro atoms. The van der Waals surface area contributed by atoms with Crippen LogP contribution in [-0.2, 0) is 0 Å². The van der Waals surface area contributed by atoms with E-state index in [4.69, 9.17) is 0 Å². The molecule has 0 aliphatic heterocycles. The Hall–Kier alpha value is -10.8. The number of hydrogen-bond acceptors (Lipinski definition) is 6. The summed E-state index contributed by atoms with van der Waals surface area (Å²) in [5.41, 5.74) is 17.3. The van der Waals surface area contributed by atoms with E-state index in [1.54, 1.807) is 12.4 Å². The van der Waals surface area contributed by atoms with Crippen LogP contribution >= 0.6 is 0 Å². The van der Waals surface area contributed by atoms with Crippen LogP contribution in [0.2, 0.25) is 0 Å². The fraction of sp³-hybridized carbons (Fsp3) is 0. The predicted octanol–water partition coefficient (Wildman–Crippen LogP) is 15.0. The van der Waals surface area contributed by atoms with Crippen LogP contribution in [0.25, 0.3) is 111 Å². The van der Waals surface area contributed by atoms with Gasteiger partial charge in [0, 0.05) is 39.5 Å². The third kappa shape index (κ3) is 7.17. The Kier molecular flexibility index (Phi) is 10.3. The van der Waals surface area contributed by atoms with Crippen LogP contribution in [-0.4, -0.2) is 14.1 Å². The lowest BCUT2D eigenvalue weighted by Gasteiger charge is -2.19. The molecule has 12 aromatic rings. The zero-order chi connectivity index (χ0) is 48.9. The molecule has 0 amide bonds. The summed E-state index contributed by atoms with van der Waals surface area (Å²) < 4.78 is 4.44. The Bertz CT molecular complexity index is 4160. The summed E-state index contributed by atoms with van der Waals surface area (Å²) in [4.78, 5) is 4.42. The zero-order valence-corrected chi connectivity index (χ0v) is 38.2. The largest absolute Gasteiger partial charge is 0.309 e. The van der Waals surface area contributed by atoms with E-state index in [0.717, 1.165) is 105 Å². The van der Waals surface area contributed by atoms with Gasteiger partial charge in [0.25, 0.3) is 0 Å². The standard InChI is InChI=1S/C64H34N8/c65-35-40-1-9-44(10-2-40)49-17-21-54-55-22-18-50(45-11-3-41(36-66)4-12-45)30-61(55)71(60(54)29-49)59-34-58(48-25-27-70-28-26-48)64(33-53(59)39-69)72-62-31-51(46-13-5-42(37-67)6-14-46)19-23-56(62)57-24-20-52(32-63(57)72)47-15-7-43(38-68)8-16-47/h1-34H. The highest BCUT2D eigenvalue weighted by Crippen LogP contribution is 2.44. The molecule has 3 aromatic heterocycles. The van der Waals surface area contributed by atoms with Crippen molar-refractivity contribution in [1.29, 1.82) is 26.3 Å². The van der Waals surface area contributed by atoms with E-state index in [1.165, 1.54) is 0 Å². The molecule has 0 saturated heterocycles. The summed E-state index contributed by atoms with van der Waals surface area (Å²) in [5, 5.41) is 53.9. The molecule has 8 nitrogen and oxygen atoms in total. The first-order valence-electron chi connectivity index (χ1n) is 23.1. The molecule has 0 aliphatic carbocycles. The summed E-state index contributed by atoms with van der Waals surface area (Å²) in [7, 11) is 0. The highest BCUT2D eigenvalue weighted by Gasteiger charge is 2.23. The SMILES string of the molecule is N#Cc1ccc(-c2ccc3c4ccc(-c5ccc(C#N)cc5)cc4n(-c4cc(-c5ccncc5)c(-n5c6cc(-c7ccc(C#N)cc7)ccc6c6ccc(-c7ccc(C#N)cc7)cc65)cc4C#N)c3c2)cc1. The van der Waals surface area contributed by atoms with Crippen LogP contribution in [0.1, 0.15) is 27.8 Å². The van der Waals surface area contributed by atoms with Crippen LogP contribution in [0.5, 0.6) is 0 Å². The Labute approximate surface area is 413 Å². The first-order chi connectivity index (χ1) is 35.4. The summed E-state index contributed by atoms with van der Waals surface area (Å²) in [5.74, 6) is 0. The maximum Gasteiger partial charge on any atom is 0.101 e. The van der Waals surface area contributed by atoms with Crippen molar-refractivity contribution in [3.05, 3.63) is 234 Å². The molecule has 3 heterocycles. The fourth-order valence-corrected chi connectivity index (χ4v) is 10.0. The van der Waals surface area contributed by atoms with Crippen molar-refractivity contribution < 1.29 is 0 Å². The number of fused-ring (bicyclic) bond motifs is 6. The average Bonchev–Trinajstić information content (AvgIpc) is 3.96. The first kappa shape index (κ1) is 42.5. The summed E-state index contributed by atoms with van der Waals surface area (Å²) >= 11 is 0. The van der Waals surface area contributed by atoms with Crippen molar-refractivity contribution >= 4 is 43.6 Å². The van der Waals surface area contributed by atoms with Crippen LogP contribution < -0.4 is 0 Å². The minimum atomic E-state index is 0.440. The quantitative estimate of drug-likeness (QED) is 0.156. The molecule has 72 heavy (non-hydrogen) atoms. The van der Waals surface area contributed by atoms with E-state index in [0.29, 0.717) is 33.5 Å². The number of hydrogen-bond donors (Lipinski definition) is 0. The molecule has 0 saturated carbocycles. The maximum atomic E-state index is 11.5. The van der Waals surface area contributed by atoms with Crippen LogP contribution in [0.15, 0.2) is 207 Å². The van der Waals surface area contributed by atoms with Gasteiger partial charge >= 0.3 is 0 Å². The van der Waals surface area contributed by atoms with E-state index in [9.17, 15) is 26.3 Å². The Morgan fingerprint density at radius 2 is 0.583 bits per heavy atom. The lowest BCUT2D eigenvalue weighted by atomic mass is 9.99. The Morgan fingerprint density at radius 3 is 0.889 bits per heavy atom. The number of nitriles is 5. The molecule has 0 atom stereocenters. The molecule has 0 radical (unpaired) electrons. The number of rotatable bonds is 7. The van der Waals surface area contributed by atoms with Gasteiger partial charge in [-0.25, -0.2) is 0 Å². The molecular weight excluding hydrogens is 881 g/mol. The molecule has 0 N–H and O–H groups in total. The molecule has 9 aromatic carbocycles. The van der Waals surface area contributed by atoms with Gasteiger partial charge in [-0.3, -0.25) is 4.98 Å². The second-order valence-corrected chi connectivity index (χ2v) is 17.6. The molecule has 0 unspecified atom stereocenters. The minimum absolute atomic E-state index is 0.440. The monoisotopic (exact) mass is 914 g/mol. The summed E-state index contributed by atoms with van der Waals surface area (Å²) in [6.45, 7) is 0. The smallest absolute Gasteiger partial charge is 0.101 e. The molecule has 0 bridgehead atoms. The molecular formula is C64H34N8. The van der Waals surface area contributed by atoms with Crippen molar-refractivity contribution in [3.63, 3.8) is 0 Å². The number of benzene rings is 9. The van der Waals surface area contributed by atoms with Gasteiger partial charge in [0.15, 0.2) is 0 Å². The van der Waals surface area contributed by atoms with Crippen molar-refractivity contribution in [1.82, 2.24) is 14.1 Å².